The molecule has 2 aromatic rings. The predicted molar refractivity (Wildman–Crippen MR) is 159 cm³/mol. The number of hydrogen-bond acceptors (Lipinski definition) is 4. The van der Waals surface area contributed by atoms with Crippen molar-refractivity contribution in [1.29, 1.82) is 0 Å². The third kappa shape index (κ3) is 9.45. The van der Waals surface area contributed by atoms with Crippen molar-refractivity contribution in [3.63, 3.8) is 0 Å². The number of nitrogens with one attached hydrogen (secondary N) is 1. The normalized spacial score (nSPS) is 13.5. The monoisotopic (exact) mass is 522 g/mol. The number of carbonyl (C=O) groups excluding carboxylic acids is 1. The lowest BCUT2D eigenvalue weighted by atomic mass is 9.85. The van der Waals surface area contributed by atoms with Crippen LogP contribution in [0.3, 0.4) is 0 Å². The molecule has 0 bridgehead atoms. The number of benzene rings is 2. The number of ether oxygens (including phenoxy) is 1. The fourth-order valence-electron chi connectivity index (χ4n) is 4.57. The van der Waals surface area contributed by atoms with Gasteiger partial charge in [0.2, 0.25) is 0 Å². The maximum atomic E-state index is 13.2. The van der Waals surface area contributed by atoms with Gasteiger partial charge >= 0.3 is 0 Å². The second-order valence-electron chi connectivity index (χ2n) is 11.2. The molecule has 1 amide bonds. The molecule has 3 rings (SSSR count). The lowest BCUT2D eigenvalue weighted by molar-refractivity contribution is 0.102. The summed E-state index contributed by atoms with van der Waals surface area (Å²) < 4.78 is 6.21. The molecular formula is C32H46N2O2S. The highest BCUT2D eigenvalue weighted by molar-refractivity contribution is 8.02. The lowest BCUT2D eigenvalue weighted by Gasteiger charge is -2.24. The minimum atomic E-state index is -0.121. The van der Waals surface area contributed by atoms with Gasteiger partial charge in [-0.3, -0.25) is 4.79 Å². The molecule has 5 heteroatoms. The largest absolute Gasteiger partial charge is 0.493 e. The molecule has 2 aromatic carbocycles. The van der Waals surface area contributed by atoms with Gasteiger partial charge in [-0.15, -0.1) is 11.8 Å². The van der Waals surface area contributed by atoms with Crippen LogP contribution in [0, 0.1) is 0 Å². The van der Waals surface area contributed by atoms with Crippen LogP contribution in [0.1, 0.15) is 107 Å². The van der Waals surface area contributed by atoms with Gasteiger partial charge in [0.25, 0.3) is 5.91 Å². The van der Waals surface area contributed by atoms with Crippen LogP contribution in [0.2, 0.25) is 0 Å². The summed E-state index contributed by atoms with van der Waals surface area (Å²) in [6.45, 7) is 12.5. The van der Waals surface area contributed by atoms with Gasteiger partial charge in [0.1, 0.15) is 5.75 Å². The first kappa shape index (κ1) is 29.2. The Bertz CT molecular complexity index is 1040. The zero-order chi connectivity index (χ0) is 26.7. The zero-order valence-corrected chi connectivity index (χ0v) is 24.4. The number of thioether (sulfide) groups is 1. The Hall–Kier alpha value is -2.40. The number of allylic oxidation sites excluding steroid dienone is 1. The molecule has 0 atom stereocenters. The minimum absolute atomic E-state index is 0.0925. The molecule has 1 heterocycles. The number of anilines is 1. The Kier molecular flexibility index (Phi) is 11.4. The molecule has 202 valence electrons. The van der Waals surface area contributed by atoms with Crippen molar-refractivity contribution in [2.24, 2.45) is 0 Å². The Morgan fingerprint density at radius 3 is 2.41 bits per heavy atom. The quantitative estimate of drug-likeness (QED) is 0.251. The summed E-state index contributed by atoms with van der Waals surface area (Å²) in [6.07, 6.45) is 10.3. The molecule has 0 saturated heterocycles. The van der Waals surface area contributed by atoms with E-state index in [-0.39, 0.29) is 11.3 Å². The molecule has 0 fully saturated rings. The summed E-state index contributed by atoms with van der Waals surface area (Å²) in [6, 6.07) is 14.0. The van der Waals surface area contributed by atoms with E-state index in [4.69, 9.17) is 4.74 Å². The van der Waals surface area contributed by atoms with E-state index in [0.717, 1.165) is 42.4 Å². The summed E-state index contributed by atoms with van der Waals surface area (Å²) in [7, 11) is 0. The fraction of sp³-hybridized carbons (Fsp3) is 0.531. The topological polar surface area (TPSA) is 41.6 Å². The second kappa shape index (κ2) is 14.5. The third-order valence-corrected chi connectivity index (χ3v) is 7.82. The third-order valence-electron chi connectivity index (χ3n) is 6.85. The van der Waals surface area contributed by atoms with Crippen LogP contribution in [0.25, 0.3) is 0 Å². The molecule has 0 unspecified atom stereocenters. The second-order valence-corrected chi connectivity index (χ2v) is 12.0. The molecule has 4 nitrogen and oxygen atoms in total. The van der Waals surface area contributed by atoms with Gasteiger partial charge in [-0.1, -0.05) is 84.8 Å². The standard InChI is InChI=1S/C32H46N2O2S/c1-6-7-8-9-10-11-12-13-19-36-30-18-17-27(21-29(30)32(3,4)5)31(35)33-28-16-14-15-26(20-28)22-34-24-37-23-25(34)2/h14-18,20-21,23H,6-13,19,22,24H2,1-5H3,(H,33,35). The molecule has 1 N–H and O–H groups in total. The van der Waals surface area contributed by atoms with Gasteiger partial charge in [-0.25, -0.2) is 0 Å². The molecule has 0 aliphatic carbocycles. The van der Waals surface area contributed by atoms with Gasteiger partial charge in [0, 0.05) is 29.1 Å². The van der Waals surface area contributed by atoms with Gasteiger partial charge < -0.3 is 15.0 Å². The van der Waals surface area contributed by atoms with Crippen LogP contribution in [0.4, 0.5) is 5.69 Å². The highest BCUT2D eigenvalue weighted by Gasteiger charge is 2.21. The summed E-state index contributed by atoms with van der Waals surface area (Å²) in [5, 5.41) is 5.30. The maximum Gasteiger partial charge on any atom is 0.255 e. The lowest BCUT2D eigenvalue weighted by Crippen LogP contribution is -2.18. The summed E-state index contributed by atoms with van der Waals surface area (Å²) >= 11 is 1.82. The van der Waals surface area contributed by atoms with Gasteiger partial charge in [-0.2, -0.15) is 0 Å². The highest BCUT2D eigenvalue weighted by atomic mass is 32.2. The van der Waals surface area contributed by atoms with E-state index < -0.39 is 0 Å². The molecule has 37 heavy (non-hydrogen) atoms. The maximum absolute atomic E-state index is 13.2. The van der Waals surface area contributed by atoms with Crippen molar-refractivity contribution < 1.29 is 9.53 Å². The molecule has 1 aliphatic rings. The van der Waals surface area contributed by atoms with E-state index in [9.17, 15) is 4.79 Å². The predicted octanol–water partition coefficient (Wildman–Crippen LogP) is 9.12. The van der Waals surface area contributed by atoms with Crippen LogP contribution in [-0.2, 0) is 12.0 Å². The van der Waals surface area contributed by atoms with Crippen LogP contribution in [0.15, 0.2) is 53.6 Å². The number of unbranched alkanes of at least 4 members (excludes halogenated alkanes) is 7. The summed E-state index contributed by atoms with van der Waals surface area (Å²) in [4.78, 5) is 15.5. The first-order valence-electron chi connectivity index (χ1n) is 14.0. The van der Waals surface area contributed by atoms with Gasteiger partial charge in [0.05, 0.1) is 12.5 Å². The molecule has 0 saturated carbocycles. The van der Waals surface area contributed by atoms with E-state index in [0.29, 0.717) is 5.56 Å². The zero-order valence-electron chi connectivity index (χ0n) is 23.6. The van der Waals surface area contributed by atoms with E-state index in [1.54, 1.807) is 0 Å². The van der Waals surface area contributed by atoms with Crippen molar-refractivity contribution in [2.45, 2.75) is 97.9 Å². The Morgan fingerprint density at radius 1 is 1.00 bits per heavy atom. The number of rotatable bonds is 14. The van der Waals surface area contributed by atoms with Crippen molar-refractivity contribution >= 4 is 23.4 Å². The smallest absolute Gasteiger partial charge is 0.255 e. The summed E-state index contributed by atoms with van der Waals surface area (Å²) in [5.74, 6) is 1.77. The SMILES string of the molecule is CCCCCCCCCCOc1ccc(C(=O)Nc2cccc(CN3CSC=C3C)c2)cc1C(C)(C)C. The summed E-state index contributed by atoms with van der Waals surface area (Å²) in [5.41, 5.74) is 4.91. The number of amides is 1. The molecule has 0 spiro atoms. The Balaban J connectivity index is 1.56. The molecule has 0 radical (unpaired) electrons. The van der Waals surface area contributed by atoms with Crippen LogP contribution < -0.4 is 10.1 Å². The van der Waals surface area contributed by atoms with Crippen LogP contribution in [0.5, 0.6) is 5.75 Å². The van der Waals surface area contributed by atoms with Crippen molar-refractivity contribution in [2.75, 3.05) is 17.8 Å². The van der Waals surface area contributed by atoms with E-state index in [1.807, 2.05) is 42.1 Å². The van der Waals surface area contributed by atoms with Crippen LogP contribution >= 0.6 is 11.8 Å². The number of hydrogen-bond donors (Lipinski definition) is 1. The molecule has 0 aromatic heterocycles. The number of nitrogens with zero attached hydrogens (tertiary/aromatic N) is 1. The van der Waals surface area contributed by atoms with E-state index in [2.05, 4.69) is 62.4 Å². The van der Waals surface area contributed by atoms with E-state index in [1.165, 1.54) is 56.2 Å². The first-order valence-corrected chi connectivity index (χ1v) is 15.0. The molecular weight excluding hydrogens is 476 g/mol. The average Bonchev–Trinajstić information content (AvgIpc) is 3.26. The van der Waals surface area contributed by atoms with Gasteiger partial charge in [0.15, 0.2) is 0 Å². The fourth-order valence-corrected chi connectivity index (χ4v) is 5.51. The van der Waals surface area contributed by atoms with E-state index >= 15 is 0 Å². The number of carbonyl (C=O) groups is 1. The first-order chi connectivity index (χ1) is 17.8. The molecule has 1 aliphatic heterocycles. The van der Waals surface area contributed by atoms with Crippen LogP contribution in [-0.4, -0.2) is 23.3 Å². The Labute approximate surface area is 229 Å². The highest BCUT2D eigenvalue weighted by Crippen LogP contribution is 2.33. The van der Waals surface area contributed by atoms with Gasteiger partial charge in [-0.05, 0) is 60.1 Å². The Morgan fingerprint density at radius 2 is 1.73 bits per heavy atom. The van der Waals surface area contributed by atoms with Crippen molar-refractivity contribution in [1.82, 2.24) is 4.90 Å². The average molecular weight is 523 g/mol. The minimum Gasteiger partial charge on any atom is -0.493 e. The van der Waals surface area contributed by atoms with Crippen molar-refractivity contribution in [3.8, 4) is 5.75 Å². The van der Waals surface area contributed by atoms with Crippen molar-refractivity contribution in [3.05, 3.63) is 70.3 Å².